The second kappa shape index (κ2) is 14.3. The third kappa shape index (κ3) is 6.42. The first-order valence-electron chi connectivity index (χ1n) is 18.2. The van der Waals surface area contributed by atoms with Gasteiger partial charge in [0, 0.05) is 16.8 Å². The summed E-state index contributed by atoms with van der Waals surface area (Å²) in [4.78, 5) is 2.45. The van der Waals surface area contributed by atoms with E-state index in [0.29, 0.717) is 0 Å². The van der Waals surface area contributed by atoms with Crippen LogP contribution in [0.2, 0.25) is 0 Å². The molecule has 0 saturated carbocycles. The van der Waals surface area contributed by atoms with Crippen LogP contribution in [-0.2, 0) is 0 Å². The molecule has 0 spiro atoms. The zero-order valence-electron chi connectivity index (χ0n) is 29.3. The lowest BCUT2D eigenvalue weighted by molar-refractivity contribution is 1.28. The maximum Gasteiger partial charge on any atom is 0.0546 e. The van der Waals surface area contributed by atoms with Crippen LogP contribution >= 0.6 is 0 Å². The van der Waals surface area contributed by atoms with Crippen LogP contribution in [0.3, 0.4) is 0 Å². The van der Waals surface area contributed by atoms with Crippen molar-refractivity contribution in [1.82, 2.24) is 0 Å². The summed E-state index contributed by atoms with van der Waals surface area (Å²) in [5.41, 5.74) is 15.2. The number of nitrogens with zero attached hydrogens (tertiary/aromatic N) is 1. The summed E-state index contributed by atoms with van der Waals surface area (Å²) in [6.45, 7) is 0. The van der Waals surface area contributed by atoms with Crippen LogP contribution in [0.25, 0.3) is 66.4 Å². The van der Waals surface area contributed by atoms with Gasteiger partial charge in [-0.2, -0.15) is 0 Å². The van der Waals surface area contributed by atoms with Crippen molar-refractivity contribution in [2.45, 2.75) is 0 Å². The summed E-state index contributed by atoms with van der Waals surface area (Å²) in [7, 11) is 0. The molecule has 9 rings (SSSR count). The highest BCUT2D eigenvalue weighted by atomic mass is 15.1. The first-order chi connectivity index (χ1) is 26.3. The van der Waals surface area contributed by atoms with Gasteiger partial charge in [-0.3, -0.25) is 0 Å². The largest absolute Gasteiger partial charge is 0.309 e. The fraction of sp³-hybridized carbons (Fsp3) is 0. The zero-order chi connectivity index (χ0) is 35.4. The maximum atomic E-state index is 2.45. The van der Waals surface area contributed by atoms with Gasteiger partial charge in [0.05, 0.1) is 11.4 Å². The molecule has 0 atom stereocenters. The van der Waals surface area contributed by atoms with E-state index < -0.39 is 0 Å². The summed E-state index contributed by atoms with van der Waals surface area (Å²) >= 11 is 0. The Balaban J connectivity index is 1.26. The lowest BCUT2D eigenvalue weighted by Gasteiger charge is -2.30. The highest BCUT2D eigenvalue weighted by Gasteiger charge is 2.22. The topological polar surface area (TPSA) is 3.24 Å². The van der Waals surface area contributed by atoms with Crippen molar-refractivity contribution in [3.05, 3.63) is 224 Å². The van der Waals surface area contributed by atoms with Crippen molar-refractivity contribution in [2.24, 2.45) is 0 Å². The van der Waals surface area contributed by atoms with Gasteiger partial charge in [-0.05, 0) is 85.6 Å². The van der Waals surface area contributed by atoms with Gasteiger partial charge in [0.1, 0.15) is 0 Å². The molecule has 1 heteroatoms. The SMILES string of the molecule is c1ccc(-c2cccc(-c3ccc(N(c4ccccc4-c4ccccc4)c4cc(-c5cccc6ccccc56)ccc4-c4ccccc4)cc3)c2)cc1. The van der Waals surface area contributed by atoms with E-state index in [1.54, 1.807) is 0 Å². The summed E-state index contributed by atoms with van der Waals surface area (Å²) in [6, 6.07) is 80.9. The molecular weight excluding hydrogens is 639 g/mol. The van der Waals surface area contributed by atoms with E-state index >= 15 is 0 Å². The number of anilines is 3. The predicted molar refractivity (Wildman–Crippen MR) is 226 cm³/mol. The van der Waals surface area contributed by atoms with Gasteiger partial charge < -0.3 is 4.90 Å². The van der Waals surface area contributed by atoms with Crippen LogP contribution in [0.1, 0.15) is 0 Å². The smallest absolute Gasteiger partial charge is 0.0546 e. The van der Waals surface area contributed by atoms with E-state index in [0.717, 1.165) is 22.6 Å². The van der Waals surface area contributed by atoms with Gasteiger partial charge in [0.25, 0.3) is 0 Å². The van der Waals surface area contributed by atoms with Crippen molar-refractivity contribution in [1.29, 1.82) is 0 Å². The molecule has 9 aromatic carbocycles. The van der Waals surface area contributed by atoms with Crippen LogP contribution in [0.15, 0.2) is 224 Å². The van der Waals surface area contributed by atoms with Crippen LogP contribution in [0.5, 0.6) is 0 Å². The average molecular weight is 676 g/mol. The number of hydrogen-bond donors (Lipinski definition) is 0. The number of rotatable bonds is 8. The third-order valence-corrected chi connectivity index (χ3v) is 10.1. The Hall–Kier alpha value is -6.96. The van der Waals surface area contributed by atoms with Crippen molar-refractivity contribution >= 4 is 27.8 Å². The molecule has 0 aliphatic heterocycles. The summed E-state index contributed by atoms with van der Waals surface area (Å²) in [6.07, 6.45) is 0. The number of benzene rings is 9. The van der Waals surface area contributed by atoms with Gasteiger partial charge in [-0.25, -0.2) is 0 Å². The van der Waals surface area contributed by atoms with Crippen molar-refractivity contribution in [2.75, 3.05) is 4.90 Å². The molecule has 0 heterocycles. The molecular formula is C52H37N. The zero-order valence-corrected chi connectivity index (χ0v) is 29.3. The van der Waals surface area contributed by atoms with E-state index in [4.69, 9.17) is 0 Å². The van der Waals surface area contributed by atoms with Gasteiger partial charge in [0.2, 0.25) is 0 Å². The van der Waals surface area contributed by atoms with E-state index in [-0.39, 0.29) is 0 Å². The quantitative estimate of drug-likeness (QED) is 0.155. The minimum absolute atomic E-state index is 1.09. The molecule has 0 fully saturated rings. The fourth-order valence-corrected chi connectivity index (χ4v) is 7.47. The van der Waals surface area contributed by atoms with E-state index in [9.17, 15) is 0 Å². The van der Waals surface area contributed by atoms with Gasteiger partial charge in [-0.15, -0.1) is 0 Å². The minimum Gasteiger partial charge on any atom is -0.309 e. The van der Waals surface area contributed by atoms with E-state index in [1.807, 2.05) is 0 Å². The van der Waals surface area contributed by atoms with Crippen LogP contribution in [0, 0.1) is 0 Å². The van der Waals surface area contributed by atoms with Crippen molar-refractivity contribution in [3.8, 4) is 55.6 Å². The van der Waals surface area contributed by atoms with Crippen LogP contribution in [0.4, 0.5) is 17.1 Å². The normalized spacial score (nSPS) is 11.0. The third-order valence-electron chi connectivity index (χ3n) is 10.1. The number of fused-ring (bicyclic) bond motifs is 1. The Kier molecular flexibility index (Phi) is 8.66. The van der Waals surface area contributed by atoms with Crippen LogP contribution in [-0.4, -0.2) is 0 Å². The second-order valence-electron chi connectivity index (χ2n) is 13.3. The maximum absolute atomic E-state index is 2.45. The molecule has 0 saturated heterocycles. The van der Waals surface area contributed by atoms with Gasteiger partial charge >= 0.3 is 0 Å². The summed E-state index contributed by atoms with van der Waals surface area (Å²) in [5.74, 6) is 0. The fourth-order valence-electron chi connectivity index (χ4n) is 7.47. The minimum atomic E-state index is 1.09. The highest BCUT2D eigenvalue weighted by molar-refractivity contribution is 6.00. The molecule has 1 nitrogen and oxygen atoms in total. The Morgan fingerprint density at radius 1 is 0.245 bits per heavy atom. The van der Waals surface area contributed by atoms with Crippen molar-refractivity contribution in [3.63, 3.8) is 0 Å². The van der Waals surface area contributed by atoms with Gasteiger partial charge in [-0.1, -0.05) is 194 Å². The monoisotopic (exact) mass is 675 g/mol. The van der Waals surface area contributed by atoms with E-state index in [1.165, 1.54) is 60.8 Å². The molecule has 250 valence electrons. The Bertz CT molecular complexity index is 2640. The molecule has 9 aromatic rings. The summed E-state index contributed by atoms with van der Waals surface area (Å²) in [5, 5.41) is 2.48. The first kappa shape index (κ1) is 32.0. The standard InChI is InChI=1S/C52H37N/c1-4-16-38(17-5-1)43-24-14-25-44(36-43)39-30-33-46(34-31-39)53(51-29-13-12-27-49(51)41-18-6-2-7-19-41)52-37-45(32-35-50(52)42-20-8-3-9-21-42)48-28-15-23-40-22-10-11-26-47(40)48/h1-37H. The molecule has 53 heavy (non-hydrogen) atoms. The second-order valence-corrected chi connectivity index (χ2v) is 13.3. The van der Waals surface area contributed by atoms with E-state index in [2.05, 4.69) is 229 Å². The molecule has 0 N–H and O–H groups in total. The van der Waals surface area contributed by atoms with Gasteiger partial charge in [0.15, 0.2) is 0 Å². The average Bonchev–Trinajstić information content (AvgIpc) is 3.25. The molecule has 0 aromatic heterocycles. The van der Waals surface area contributed by atoms with Crippen LogP contribution < -0.4 is 4.90 Å². The highest BCUT2D eigenvalue weighted by Crippen LogP contribution is 2.46. The molecule has 0 unspecified atom stereocenters. The lowest BCUT2D eigenvalue weighted by atomic mass is 9.93. The summed E-state index contributed by atoms with van der Waals surface area (Å²) < 4.78 is 0. The predicted octanol–water partition coefficient (Wildman–Crippen LogP) is 14.6. The first-order valence-corrected chi connectivity index (χ1v) is 18.2. The molecule has 0 bridgehead atoms. The number of para-hydroxylation sites is 1. The Morgan fingerprint density at radius 2 is 0.717 bits per heavy atom. The lowest BCUT2D eigenvalue weighted by Crippen LogP contribution is -2.12. The molecule has 0 amide bonds. The molecule has 0 aliphatic rings. The molecule has 0 radical (unpaired) electrons. The Labute approximate surface area is 311 Å². The molecule has 0 aliphatic carbocycles. The van der Waals surface area contributed by atoms with Crippen molar-refractivity contribution < 1.29 is 0 Å². The Morgan fingerprint density at radius 3 is 1.42 bits per heavy atom. The number of hydrogen-bond acceptors (Lipinski definition) is 1.